The van der Waals surface area contributed by atoms with Gasteiger partial charge in [-0.05, 0) is 87.4 Å². The van der Waals surface area contributed by atoms with Crippen LogP contribution in [0, 0.1) is 11.6 Å². The van der Waals surface area contributed by atoms with Crippen molar-refractivity contribution >= 4 is 26.6 Å². The van der Waals surface area contributed by atoms with Crippen LogP contribution in [0.3, 0.4) is 0 Å². The van der Waals surface area contributed by atoms with Gasteiger partial charge in [0.25, 0.3) is 0 Å². The van der Waals surface area contributed by atoms with Crippen molar-refractivity contribution in [2.24, 2.45) is 0 Å². The van der Waals surface area contributed by atoms with E-state index in [0.29, 0.717) is 22.5 Å². The molecule has 0 saturated heterocycles. The van der Waals surface area contributed by atoms with E-state index in [9.17, 15) is 17.9 Å². The second kappa shape index (κ2) is 14.9. The largest absolute Gasteiger partial charge is 0.368 e. The molecule has 0 saturated carbocycles. The van der Waals surface area contributed by atoms with Gasteiger partial charge in [-0.25, -0.2) is 8.78 Å². The molecule has 2 N–H and O–H groups in total. The van der Waals surface area contributed by atoms with E-state index >= 15 is 0 Å². The highest BCUT2D eigenvalue weighted by molar-refractivity contribution is 7.54. The molecule has 0 aliphatic heterocycles. The fourth-order valence-corrected chi connectivity index (χ4v) is 7.92. The first kappa shape index (κ1) is 31.9. The molecule has 12 heteroatoms. The Kier molecular flexibility index (Phi) is 11.9. The summed E-state index contributed by atoms with van der Waals surface area (Å²) < 4.78 is 77.4. The van der Waals surface area contributed by atoms with Gasteiger partial charge in [0.15, 0.2) is 11.6 Å². The first-order valence-corrected chi connectivity index (χ1v) is 16.3. The number of halogens is 2. The number of hydrogen-bond acceptors (Lipinski definition) is 8. The average Bonchev–Trinajstić information content (AvgIpc) is 2.93. The standard InChI is InChI=1S/C28H36F2N2O6P2/c1-5-35-39(33,36-6-2)27(31-25-17-13-23(29)14-18-25)21-9-11-22(12-10-21)28(40(34,37-7-3)38-8-4)32-26-19-15-24(30)16-20-26/h9-20,27-28,31-32H,5-8H2,1-4H3. The van der Waals surface area contributed by atoms with E-state index in [-0.39, 0.29) is 26.4 Å². The average molecular weight is 597 g/mol. The Morgan fingerprint density at radius 2 is 0.825 bits per heavy atom. The maximum absolute atomic E-state index is 13.9. The Bertz CT molecular complexity index is 1170. The van der Waals surface area contributed by atoms with Crippen molar-refractivity contribution in [1.82, 2.24) is 0 Å². The minimum Gasteiger partial charge on any atom is -0.368 e. The topological polar surface area (TPSA) is 95.1 Å². The molecule has 3 aromatic carbocycles. The van der Waals surface area contributed by atoms with Crippen LogP contribution in [-0.4, -0.2) is 26.4 Å². The summed E-state index contributed by atoms with van der Waals surface area (Å²) in [4.78, 5) is 0. The minimum absolute atomic E-state index is 0.145. The molecule has 0 aromatic heterocycles. The lowest BCUT2D eigenvalue weighted by Crippen LogP contribution is -2.17. The lowest BCUT2D eigenvalue weighted by Gasteiger charge is -2.30. The third-order valence-corrected chi connectivity index (χ3v) is 10.3. The molecule has 3 rings (SSSR count). The maximum Gasteiger partial charge on any atom is 0.357 e. The van der Waals surface area contributed by atoms with Crippen LogP contribution in [0.2, 0.25) is 0 Å². The van der Waals surface area contributed by atoms with Gasteiger partial charge in [0, 0.05) is 11.4 Å². The van der Waals surface area contributed by atoms with E-state index in [1.54, 1.807) is 52.0 Å². The van der Waals surface area contributed by atoms with Crippen molar-refractivity contribution in [3.8, 4) is 0 Å². The van der Waals surface area contributed by atoms with Crippen LogP contribution < -0.4 is 10.6 Å². The molecule has 0 amide bonds. The van der Waals surface area contributed by atoms with Gasteiger partial charge in [-0.3, -0.25) is 9.13 Å². The van der Waals surface area contributed by atoms with Crippen LogP contribution in [0.4, 0.5) is 20.2 Å². The highest BCUT2D eigenvalue weighted by atomic mass is 31.2. The van der Waals surface area contributed by atoms with Crippen LogP contribution in [0.1, 0.15) is 50.4 Å². The molecule has 0 fully saturated rings. The monoisotopic (exact) mass is 596 g/mol. The molecular formula is C28H36F2N2O6P2. The molecule has 8 nitrogen and oxygen atoms in total. The van der Waals surface area contributed by atoms with Crippen LogP contribution in [0.15, 0.2) is 72.8 Å². The lowest BCUT2D eigenvalue weighted by molar-refractivity contribution is 0.213. The molecule has 0 aliphatic rings. The molecule has 0 spiro atoms. The first-order valence-electron chi connectivity index (χ1n) is 13.1. The third kappa shape index (κ3) is 8.23. The van der Waals surface area contributed by atoms with Crippen molar-refractivity contribution < 1.29 is 36.0 Å². The van der Waals surface area contributed by atoms with E-state index < -0.39 is 38.4 Å². The van der Waals surface area contributed by atoms with E-state index in [2.05, 4.69) is 10.6 Å². The Hall–Kier alpha value is -2.58. The highest BCUT2D eigenvalue weighted by Crippen LogP contribution is 2.62. The molecule has 218 valence electrons. The Morgan fingerprint density at radius 3 is 1.07 bits per heavy atom. The van der Waals surface area contributed by atoms with Gasteiger partial charge >= 0.3 is 15.2 Å². The molecular weight excluding hydrogens is 560 g/mol. The molecule has 2 atom stereocenters. The molecule has 0 bridgehead atoms. The summed E-state index contributed by atoms with van der Waals surface area (Å²) in [5.74, 6) is -2.67. The van der Waals surface area contributed by atoms with E-state index in [0.717, 1.165) is 0 Å². The number of anilines is 2. The lowest BCUT2D eigenvalue weighted by atomic mass is 10.1. The second-order valence-electron chi connectivity index (χ2n) is 8.52. The van der Waals surface area contributed by atoms with Gasteiger partial charge in [-0.2, -0.15) is 0 Å². The minimum atomic E-state index is -3.74. The van der Waals surface area contributed by atoms with Gasteiger partial charge in [0.05, 0.1) is 26.4 Å². The summed E-state index contributed by atoms with van der Waals surface area (Å²) in [7, 11) is -7.48. The number of benzene rings is 3. The summed E-state index contributed by atoms with van der Waals surface area (Å²) in [6.07, 6.45) is 0. The first-order chi connectivity index (χ1) is 19.2. The Morgan fingerprint density at radius 1 is 0.550 bits per heavy atom. The van der Waals surface area contributed by atoms with Gasteiger partial charge < -0.3 is 28.7 Å². The zero-order chi connectivity index (χ0) is 29.2. The van der Waals surface area contributed by atoms with Crippen LogP contribution >= 0.6 is 15.2 Å². The summed E-state index contributed by atoms with van der Waals surface area (Å²) >= 11 is 0. The van der Waals surface area contributed by atoms with Gasteiger partial charge in [0.2, 0.25) is 0 Å². The van der Waals surface area contributed by atoms with Crippen LogP contribution in [0.5, 0.6) is 0 Å². The van der Waals surface area contributed by atoms with Crippen LogP contribution in [0.25, 0.3) is 0 Å². The van der Waals surface area contributed by atoms with Crippen molar-refractivity contribution in [3.05, 3.63) is 95.6 Å². The van der Waals surface area contributed by atoms with Gasteiger partial charge in [-0.1, -0.05) is 24.3 Å². The van der Waals surface area contributed by atoms with Crippen molar-refractivity contribution in [2.75, 3.05) is 37.1 Å². The predicted octanol–water partition coefficient (Wildman–Crippen LogP) is 8.72. The quantitative estimate of drug-likeness (QED) is 0.159. The van der Waals surface area contributed by atoms with E-state index in [1.165, 1.54) is 48.5 Å². The van der Waals surface area contributed by atoms with E-state index in [1.807, 2.05) is 0 Å². The molecule has 0 aliphatic carbocycles. The molecule has 3 aromatic rings. The van der Waals surface area contributed by atoms with Crippen molar-refractivity contribution in [1.29, 1.82) is 0 Å². The Labute approximate surface area is 234 Å². The molecule has 0 heterocycles. The normalized spacial score (nSPS) is 13.6. The SMILES string of the molecule is CCOP(=O)(OCC)C(Nc1ccc(F)cc1)c1ccc(C(Nc2ccc(F)cc2)P(=O)(OCC)OCC)cc1. The van der Waals surface area contributed by atoms with E-state index in [4.69, 9.17) is 18.1 Å². The summed E-state index contributed by atoms with van der Waals surface area (Å²) in [5.41, 5.74) is 2.15. The van der Waals surface area contributed by atoms with Crippen molar-refractivity contribution in [2.45, 2.75) is 39.3 Å². The smallest absolute Gasteiger partial charge is 0.357 e. The molecule has 2 unspecified atom stereocenters. The Balaban J connectivity index is 2.05. The van der Waals surface area contributed by atoms with Crippen molar-refractivity contribution in [3.63, 3.8) is 0 Å². The number of hydrogen-bond donors (Lipinski definition) is 2. The summed E-state index contributed by atoms with van der Waals surface area (Å²) in [6, 6.07) is 18.1. The van der Waals surface area contributed by atoms with Crippen LogP contribution in [-0.2, 0) is 27.2 Å². The third-order valence-electron chi connectivity index (χ3n) is 5.73. The maximum atomic E-state index is 13.9. The number of rotatable bonds is 16. The molecule has 40 heavy (non-hydrogen) atoms. The zero-order valence-corrected chi connectivity index (χ0v) is 24.8. The predicted molar refractivity (Wildman–Crippen MR) is 154 cm³/mol. The fourth-order valence-electron chi connectivity index (χ4n) is 4.05. The van der Waals surface area contributed by atoms with Gasteiger partial charge in [0.1, 0.15) is 11.6 Å². The molecule has 0 radical (unpaired) electrons. The van der Waals surface area contributed by atoms with Gasteiger partial charge in [-0.15, -0.1) is 0 Å². The number of nitrogens with one attached hydrogen (secondary N) is 2. The second-order valence-corrected chi connectivity index (χ2v) is 12.7. The zero-order valence-electron chi connectivity index (χ0n) is 23.0. The highest BCUT2D eigenvalue weighted by Gasteiger charge is 2.39. The summed E-state index contributed by atoms with van der Waals surface area (Å²) in [6.45, 7) is 7.45. The fraction of sp³-hybridized carbons (Fsp3) is 0.357. The summed E-state index contributed by atoms with van der Waals surface area (Å²) in [5, 5.41) is 6.32.